The minimum Gasteiger partial charge on any atom is -0.744 e. The van der Waals surface area contributed by atoms with Gasteiger partial charge in [-0.3, -0.25) is 4.72 Å². The number of anilines is 1. The van der Waals surface area contributed by atoms with Crippen molar-refractivity contribution in [2.45, 2.75) is 9.79 Å². The molecule has 0 saturated carbocycles. The summed E-state index contributed by atoms with van der Waals surface area (Å²) in [5.41, 5.74) is 0.0412. The van der Waals surface area contributed by atoms with Crippen LogP contribution in [0.5, 0.6) is 0 Å². The quantitative estimate of drug-likeness (QED) is 0.422. The second-order valence-electron chi connectivity index (χ2n) is 4.28. The molecular formula is C12H7Cl3NNaO5S2. The smallest absolute Gasteiger partial charge is 0.744 e. The van der Waals surface area contributed by atoms with Crippen molar-refractivity contribution < 1.29 is 50.9 Å². The van der Waals surface area contributed by atoms with Crippen molar-refractivity contribution in [3.8, 4) is 0 Å². The van der Waals surface area contributed by atoms with Gasteiger partial charge in [0.15, 0.2) is 0 Å². The third kappa shape index (κ3) is 5.23. The Hall–Kier alpha value is -0.0300. The summed E-state index contributed by atoms with van der Waals surface area (Å²) in [5, 5.41) is -0.0319. The van der Waals surface area contributed by atoms with Crippen molar-refractivity contribution in [3.63, 3.8) is 0 Å². The number of halogens is 3. The zero-order chi connectivity index (χ0) is 17.4. The van der Waals surface area contributed by atoms with Gasteiger partial charge in [0.1, 0.15) is 15.0 Å². The summed E-state index contributed by atoms with van der Waals surface area (Å²) in [6.45, 7) is 0. The molecule has 1 N–H and O–H groups in total. The standard InChI is InChI=1S/C12H8Cl3NO5S2.Na/c13-9-5-11(15)12(6-10(9)14)22(17,18)16-7-1-3-8(4-2-7)23(19,20)21;/h1-6,16H,(H,19,20,21);/q;+1/p-1. The van der Waals surface area contributed by atoms with Gasteiger partial charge in [0, 0.05) is 5.69 Å². The summed E-state index contributed by atoms with van der Waals surface area (Å²) >= 11 is 17.4. The van der Waals surface area contributed by atoms with Crippen LogP contribution < -0.4 is 34.3 Å². The second-order valence-corrected chi connectivity index (χ2v) is 8.53. The van der Waals surface area contributed by atoms with Gasteiger partial charge < -0.3 is 4.55 Å². The average Bonchev–Trinajstić information content (AvgIpc) is 2.41. The summed E-state index contributed by atoms with van der Waals surface area (Å²) in [6, 6.07) is 6.51. The van der Waals surface area contributed by atoms with Crippen LogP contribution in [-0.2, 0) is 20.1 Å². The van der Waals surface area contributed by atoms with Crippen molar-refractivity contribution >= 4 is 60.6 Å². The Morgan fingerprint density at radius 3 is 1.83 bits per heavy atom. The first kappa shape index (κ1) is 22.0. The van der Waals surface area contributed by atoms with E-state index in [1.807, 2.05) is 0 Å². The first-order chi connectivity index (χ1) is 10.5. The monoisotopic (exact) mass is 437 g/mol. The molecule has 2 rings (SSSR count). The van der Waals surface area contributed by atoms with E-state index in [1.165, 1.54) is 6.07 Å². The minimum absolute atomic E-state index is 0. The predicted octanol–water partition coefficient (Wildman–Crippen LogP) is 0.356. The van der Waals surface area contributed by atoms with Gasteiger partial charge in [0.2, 0.25) is 0 Å². The van der Waals surface area contributed by atoms with Crippen molar-refractivity contribution in [2.75, 3.05) is 4.72 Å². The Kier molecular flexibility index (Phi) is 7.44. The zero-order valence-corrected chi connectivity index (χ0v) is 17.9. The molecule has 124 valence electrons. The van der Waals surface area contributed by atoms with Crippen LogP contribution in [0.2, 0.25) is 15.1 Å². The SMILES string of the molecule is O=S(=O)([O-])c1ccc(NS(=O)(=O)c2cc(Cl)c(Cl)cc2Cl)cc1.[Na+]. The molecule has 0 aromatic heterocycles. The van der Waals surface area contributed by atoms with Crippen LogP contribution in [0.15, 0.2) is 46.2 Å². The van der Waals surface area contributed by atoms with Crippen LogP contribution in [-0.4, -0.2) is 21.4 Å². The molecule has 0 radical (unpaired) electrons. The van der Waals surface area contributed by atoms with E-state index >= 15 is 0 Å². The summed E-state index contributed by atoms with van der Waals surface area (Å²) in [7, 11) is -8.70. The summed E-state index contributed by atoms with van der Waals surface area (Å²) in [4.78, 5) is -0.776. The van der Waals surface area contributed by atoms with Crippen LogP contribution >= 0.6 is 34.8 Å². The van der Waals surface area contributed by atoms with Crippen molar-refractivity contribution in [1.82, 2.24) is 0 Å². The Bertz CT molecular complexity index is 963. The fraction of sp³-hybridized carbons (Fsp3) is 0. The number of sulfonamides is 1. The molecule has 0 unspecified atom stereocenters. The number of hydrogen-bond donors (Lipinski definition) is 1. The molecule has 2 aromatic carbocycles. The molecule has 0 aliphatic rings. The van der Waals surface area contributed by atoms with E-state index in [9.17, 15) is 21.4 Å². The topological polar surface area (TPSA) is 103 Å². The van der Waals surface area contributed by atoms with Gasteiger partial charge >= 0.3 is 29.6 Å². The zero-order valence-electron chi connectivity index (χ0n) is 12.0. The van der Waals surface area contributed by atoms with Gasteiger partial charge in [-0.15, -0.1) is 0 Å². The van der Waals surface area contributed by atoms with Crippen LogP contribution in [0, 0.1) is 0 Å². The molecule has 0 aliphatic carbocycles. The van der Waals surface area contributed by atoms with E-state index in [4.69, 9.17) is 34.8 Å². The Morgan fingerprint density at radius 2 is 1.33 bits per heavy atom. The first-order valence-corrected chi connectivity index (χ1v) is 9.76. The third-order valence-corrected chi connectivity index (χ3v) is 6.08. The van der Waals surface area contributed by atoms with E-state index in [0.29, 0.717) is 0 Å². The number of rotatable bonds is 4. The largest absolute Gasteiger partial charge is 1.00 e. The molecule has 0 spiro atoms. The molecule has 2 aromatic rings. The molecule has 0 bridgehead atoms. The fourth-order valence-electron chi connectivity index (χ4n) is 1.61. The molecule has 0 heterocycles. The van der Waals surface area contributed by atoms with Crippen LogP contribution in [0.3, 0.4) is 0 Å². The maximum absolute atomic E-state index is 12.3. The maximum atomic E-state index is 12.3. The Labute approximate surface area is 176 Å². The maximum Gasteiger partial charge on any atom is 1.00 e. The predicted molar refractivity (Wildman–Crippen MR) is 86.7 cm³/mol. The molecule has 0 saturated heterocycles. The van der Waals surface area contributed by atoms with Crippen LogP contribution in [0.4, 0.5) is 5.69 Å². The Morgan fingerprint density at radius 1 is 0.833 bits per heavy atom. The van der Waals surface area contributed by atoms with Crippen LogP contribution in [0.1, 0.15) is 0 Å². The first-order valence-electron chi connectivity index (χ1n) is 5.74. The minimum atomic E-state index is -4.61. The van der Waals surface area contributed by atoms with Crippen molar-refractivity contribution in [2.24, 2.45) is 0 Å². The molecule has 6 nitrogen and oxygen atoms in total. The van der Waals surface area contributed by atoms with Gasteiger partial charge in [-0.2, -0.15) is 0 Å². The van der Waals surface area contributed by atoms with Crippen LogP contribution in [0.25, 0.3) is 0 Å². The normalized spacial score (nSPS) is 11.7. The number of benzene rings is 2. The van der Waals surface area contributed by atoms with Gasteiger partial charge in [0.05, 0.1) is 20.0 Å². The molecule has 24 heavy (non-hydrogen) atoms. The average molecular weight is 439 g/mol. The van der Waals surface area contributed by atoms with E-state index < -0.39 is 25.0 Å². The third-order valence-electron chi connectivity index (χ3n) is 2.66. The van der Waals surface area contributed by atoms with Crippen molar-refractivity contribution in [3.05, 3.63) is 51.5 Å². The summed E-state index contributed by atoms with van der Waals surface area (Å²) < 4.78 is 59.2. The molecule has 0 fully saturated rings. The van der Waals surface area contributed by atoms with Gasteiger partial charge in [-0.25, -0.2) is 16.8 Å². The van der Waals surface area contributed by atoms with E-state index in [1.54, 1.807) is 0 Å². The molecule has 0 aliphatic heterocycles. The second kappa shape index (κ2) is 8.11. The molecule has 12 heteroatoms. The molecule has 0 atom stereocenters. The van der Waals surface area contributed by atoms with E-state index in [2.05, 4.69) is 4.72 Å². The Balaban J connectivity index is 0.00000288. The van der Waals surface area contributed by atoms with Crippen molar-refractivity contribution in [1.29, 1.82) is 0 Å². The summed E-state index contributed by atoms with van der Waals surface area (Å²) in [5.74, 6) is 0. The fourth-order valence-corrected chi connectivity index (χ4v) is 4.14. The number of nitrogens with one attached hydrogen (secondary N) is 1. The summed E-state index contributed by atoms with van der Waals surface area (Å²) in [6.07, 6.45) is 0. The van der Waals surface area contributed by atoms with E-state index in [-0.39, 0.29) is 55.2 Å². The molecular weight excluding hydrogens is 432 g/mol. The molecule has 0 amide bonds. The van der Waals surface area contributed by atoms with Gasteiger partial charge in [0.25, 0.3) is 10.0 Å². The van der Waals surface area contributed by atoms with Gasteiger partial charge in [-0.1, -0.05) is 34.8 Å². The number of hydrogen-bond acceptors (Lipinski definition) is 5. The van der Waals surface area contributed by atoms with E-state index in [0.717, 1.165) is 30.3 Å². The van der Waals surface area contributed by atoms with Gasteiger partial charge in [-0.05, 0) is 36.4 Å².